The predicted molar refractivity (Wildman–Crippen MR) is 228 cm³/mol. The van der Waals surface area contributed by atoms with E-state index in [-0.39, 0.29) is 18.5 Å². The molecule has 0 rings (SSSR count). The monoisotopic (exact) mass is 842 g/mol. The van der Waals surface area contributed by atoms with E-state index in [2.05, 4.69) is 57.9 Å². The van der Waals surface area contributed by atoms with Gasteiger partial charge >= 0.3 is 45.3 Å². The zero-order chi connectivity index (χ0) is 39.5. The maximum absolute atomic E-state index is 12.7. The molecular formula is C44H88Cl2CuN2O4. The van der Waals surface area contributed by atoms with Crippen LogP contribution in [0.15, 0.2) is 0 Å². The van der Waals surface area contributed by atoms with E-state index in [1.165, 1.54) is 167 Å². The van der Waals surface area contributed by atoms with E-state index in [0.29, 0.717) is 19.4 Å². The van der Waals surface area contributed by atoms with Crippen molar-refractivity contribution in [2.24, 2.45) is 0 Å². The summed E-state index contributed by atoms with van der Waals surface area (Å²) in [4.78, 5) is 29.5. The van der Waals surface area contributed by atoms with Crippen molar-refractivity contribution >= 4 is 32.1 Å². The number of carbonyl (C=O) groups excluding carboxylic acids is 2. The fourth-order valence-electron chi connectivity index (χ4n) is 6.72. The Labute approximate surface area is 345 Å². The number of unbranched alkanes of at least 4 members (excludes halogenated alkanes) is 28. The Morgan fingerprint density at radius 3 is 1.11 bits per heavy atom. The molecule has 1 atom stereocenters. The van der Waals surface area contributed by atoms with Crippen molar-refractivity contribution in [3.63, 3.8) is 0 Å². The Morgan fingerprint density at radius 2 is 0.792 bits per heavy atom. The number of rotatable bonds is 40. The van der Waals surface area contributed by atoms with Crippen LogP contribution in [-0.4, -0.2) is 75.2 Å². The first-order valence-electron chi connectivity index (χ1n) is 22.3. The molecule has 0 aromatic heterocycles. The standard InChI is InChI=1S/C44H88N2O4.2ClH.Cu/c1-6-8-10-12-14-16-18-20-22-24-26-28-30-32-34-36-43(47)49-41-42(40-46(5)39-38-45(3)4)50-44(48)37-35-33-31-29-27-25-23-21-19-17-15-13-11-9-7-2;;;/h42H,6-41H2,1-5H3;2*1H;/q;;;+2/p-2. The van der Waals surface area contributed by atoms with E-state index in [9.17, 15) is 9.59 Å². The molecule has 53 heavy (non-hydrogen) atoms. The van der Waals surface area contributed by atoms with Gasteiger partial charge in [0.1, 0.15) is 12.7 Å². The van der Waals surface area contributed by atoms with Gasteiger partial charge in [-0.25, -0.2) is 0 Å². The molecule has 1 unspecified atom stereocenters. The number of ether oxygens (including phenoxy) is 2. The third-order valence-corrected chi connectivity index (χ3v) is 10.1. The summed E-state index contributed by atoms with van der Waals surface area (Å²) in [6, 6.07) is 0. The summed E-state index contributed by atoms with van der Waals surface area (Å²) in [5.41, 5.74) is 0. The van der Waals surface area contributed by atoms with E-state index in [1.54, 1.807) is 0 Å². The van der Waals surface area contributed by atoms with Gasteiger partial charge in [0, 0.05) is 32.5 Å². The minimum absolute atomic E-state index is 0.147. The van der Waals surface area contributed by atoms with Crippen molar-refractivity contribution in [2.75, 3.05) is 47.4 Å². The number of likely N-dealkylation sites (N-methyl/N-ethyl adjacent to an activating group) is 2. The van der Waals surface area contributed by atoms with Gasteiger partial charge in [-0.15, -0.1) is 0 Å². The van der Waals surface area contributed by atoms with E-state index < -0.39 is 6.10 Å². The normalized spacial score (nSPS) is 11.9. The van der Waals surface area contributed by atoms with Crippen molar-refractivity contribution in [2.45, 2.75) is 225 Å². The second-order valence-electron chi connectivity index (χ2n) is 15.8. The van der Waals surface area contributed by atoms with Crippen LogP contribution >= 0.6 is 20.2 Å². The summed E-state index contributed by atoms with van der Waals surface area (Å²) >= 11 is 0.757. The van der Waals surface area contributed by atoms with Crippen molar-refractivity contribution in [1.82, 2.24) is 9.80 Å². The summed E-state index contributed by atoms with van der Waals surface area (Å²) in [5, 5.41) is 0. The van der Waals surface area contributed by atoms with Crippen LogP contribution in [0, 0.1) is 0 Å². The summed E-state index contributed by atoms with van der Waals surface area (Å²) < 4.78 is 11.5. The second-order valence-corrected chi connectivity index (χ2v) is 17.4. The Balaban J connectivity index is 0. The second kappa shape index (κ2) is 46.3. The van der Waals surface area contributed by atoms with E-state index >= 15 is 0 Å². The summed E-state index contributed by atoms with van der Waals surface area (Å²) in [5.74, 6) is -0.330. The Kier molecular flexibility index (Phi) is 48.1. The molecule has 9 heteroatoms. The van der Waals surface area contributed by atoms with Crippen molar-refractivity contribution in [3.8, 4) is 0 Å². The quantitative estimate of drug-likeness (QED) is 0.0348. The molecule has 0 aliphatic heterocycles. The van der Waals surface area contributed by atoms with Gasteiger partial charge in [0.15, 0.2) is 0 Å². The molecule has 0 spiro atoms. The molecule has 0 aliphatic carbocycles. The molecule has 6 nitrogen and oxygen atoms in total. The molecule has 0 amide bonds. The number of esters is 2. The zero-order valence-electron chi connectivity index (χ0n) is 35.6. The molecule has 0 fully saturated rings. The molecule has 323 valence electrons. The molecule has 0 saturated carbocycles. The predicted octanol–water partition coefficient (Wildman–Crippen LogP) is 13.8. The Morgan fingerprint density at radius 1 is 0.491 bits per heavy atom. The van der Waals surface area contributed by atoms with Crippen LogP contribution in [0.25, 0.3) is 0 Å². The van der Waals surface area contributed by atoms with Crippen LogP contribution in [0.4, 0.5) is 0 Å². The van der Waals surface area contributed by atoms with Gasteiger partial charge in [0.25, 0.3) is 0 Å². The number of hydrogen-bond donors (Lipinski definition) is 0. The molecule has 0 radical (unpaired) electrons. The first kappa shape index (κ1) is 55.1. The Hall–Kier alpha value is -0.0405. The molecule has 0 N–H and O–H groups in total. The first-order valence-corrected chi connectivity index (χ1v) is 24.9. The SMILES string of the molecule is CCCCCCCCCCCCCCCCCC(=O)OCC(CN(C)CCN(C)C)OC(=O)CCCCCCCCCCCCCCCCC.[Cl][Cu][Cl]. The number of nitrogens with zero attached hydrogens (tertiary/aromatic N) is 2. The van der Waals surface area contributed by atoms with E-state index in [4.69, 9.17) is 9.47 Å². The fraction of sp³-hybridized carbons (Fsp3) is 0.955. The van der Waals surface area contributed by atoms with E-state index in [1.807, 2.05) is 7.05 Å². The summed E-state index contributed by atoms with van der Waals surface area (Å²) in [7, 11) is 15.5. The van der Waals surface area contributed by atoms with E-state index in [0.717, 1.165) is 51.9 Å². The molecule has 0 saturated heterocycles. The molecular weight excluding hydrogens is 755 g/mol. The van der Waals surface area contributed by atoms with Gasteiger partial charge in [0.2, 0.25) is 0 Å². The third-order valence-electron chi connectivity index (χ3n) is 10.1. The average molecular weight is 844 g/mol. The molecule has 0 aromatic carbocycles. The zero-order valence-corrected chi connectivity index (χ0v) is 38.1. The van der Waals surface area contributed by atoms with Crippen LogP contribution in [-0.2, 0) is 32.2 Å². The van der Waals surface area contributed by atoms with Crippen LogP contribution in [0.2, 0.25) is 0 Å². The molecule has 0 aliphatic rings. The fourth-order valence-corrected chi connectivity index (χ4v) is 6.72. The van der Waals surface area contributed by atoms with Crippen LogP contribution < -0.4 is 0 Å². The number of hydrogen-bond acceptors (Lipinski definition) is 6. The van der Waals surface area contributed by atoms with Gasteiger partial charge < -0.3 is 19.3 Å². The molecule has 0 bridgehead atoms. The van der Waals surface area contributed by atoms with Crippen LogP contribution in [0.3, 0.4) is 0 Å². The average Bonchev–Trinajstić information content (AvgIpc) is 3.13. The topological polar surface area (TPSA) is 59.1 Å². The van der Waals surface area contributed by atoms with Gasteiger partial charge in [-0.1, -0.05) is 194 Å². The Bertz CT molecular complexity index is 750. The minimum atomic E-state index is -0.420. The molecule has 0 aromatic rings. The van der Waals surface area contributed by atoms with Crippen molar-refractivity contribution in [3.05, 3.63) is 0 Å². The molecule has 0 heterocycles. The number of halogens is 2. The maximum atomic E-state index is 12.7. The third kappa shape index (κ3) is 48.0. The van der Waals surface area contributed by atoms with Gasteiger partial charge in [-0.2, -0.15) is 0 Å². The van der Waals surface area contributed by atoms with Crippen molar-refractivity contribution in [1.29, 1.82) is 0 Å². The summed E-state index contributed by atoms with van der Waals surface area (Å²) in [6.07, 6.45) is 39.7. The summed E-state index contributed by atoms with van der Waals surface area (Å²) in [6.45, 7) is 7.08. The van der Waals surface area contributed by atoms with Gasteiger partial charge in [0.05, 0.1) is 0 Å². The van der Waals surface area contributed by atoms with Crippen LogP contribution in [0.1, 0.15) is 219 Å². The van der Waals surface area contributed by atoms with Gasteiger partial charge in [-0.3, -0.25) is 9.59 Å². The van der Waals surface area contributed by atoms with Crippen molar-refractivity contribution < 1.29 is 32.2 Å². The first-order chi connectivity index (χ1) is 25.8. The van der Waals surface area contributed by atoms with Gasteiger partial charge in [-0.05, 0) is 34.0 Å². The van der Waals surface area contributed by atoms with Crippen LogP contribution in [0.5, 0.6) is 0 Å². The number of carbonyl (C=O) groups is 2.